The summed E-state index contributed by atoms with van der Waals surface area (Å²) in [6, 6.07) is 14.6. The molecule has 1 amide bonds. The Kier molecular flexibility index (Phi) is 7.25. The molecule has 0 saturated carbocycles. The molecule has 2 heterocycles. The summed E-state index contributed by atoms with van der Waals surface area (Å²) in [5.74, 6) is -0.0585. The molecule has 0 radical (unpaired) electrons. The number of rotatable bonds is 7. The highest BCUT2D eigenvalue weighted by Gasteiger charge is 2.24. The van der Waals surface area contributed by atoms with Gasteiger partial charge in [0.2, 0.25) is 10.0 Å². The van der Waals surface area contributed by atoms with E-state index in [1.165, 1.54) is 23.3 Å². The fraction of sp³-hybridized carbons (Fsp3) is 0.458. The fourth-order valence-corrected chi connectivity index (χ4v) is 5.25. The molecule has 1 atom stereocenters. The SMILES string of the molecule is Cc1ccccc1CN1CCN(C(=O)c2ccc(S(=O)(=O)NC[C@H]3CCCO3)cc2)CC1. The monoisotopic (exact) mass is 457 g/mol. The first kappa shape index (κ1) is 22.9. The Labute approximate surface area is 190 Å². The third-order valence-electron chi connectivity index (χ3n) is 6.25. The number of piperazine rings is 1. The molecule has 1 N–H and O–H groups in total. The Morgan fingerprint density at radius 1 is 1.06 bits per heavy atom. The predicted octanol–water partition coefficient (Wildman–Crippen LogP) is 2.41. The Bertz CT molecular complexity index is 1030. The van der Waals surface area contributed by atoms with Crippen molar-refractivity contribution >= 4 is 15.9 Å². The molecule has 2 aliphatic heterocycles. The zero-order chi connectivity index (χ0) is 22.6. The first-order chi connectivity index (χ1) is 15.4. The van der Waals surface area contributed by atoms with E-state index >= 15 is 0 Å². The van der Waals surface area contributed by atoms with Gasteiger partial charge in [-0.2, -0.15) is 0 Å². The molecule has 8 heteroatoms. The number of aryl methyl sites for hydroxylation is 1. The number of benzene rings is 2. The van der Waals surface area contributed by atoms with Crippen LogP contribution < -0.4 is 4.72 Å². The van der Waals surface area contributed by atoms with Crippen LogP contribution in [0.15, 0.2) is 53.4 Å². The van der Waals surface area contributed by atoms with Crippen LogP contribution in [0.25, 0.3) is 0 Å². The maximum absolute atomic E-state index is 12.9. The summed E-state index contributed by atoms with van der Waals surface area (Å²) in [5, 5.41) is 0. The van der Waals surface area contributed by atoms with E-state index in [4.69, 9.17) is 4.74 Å². The van der Waals surface area contributed by atoms with Gasteiger partial charge >= 0.3 is 0 Å². The molecular weight excluding hydrogens is 426 g/mol. The molecule has 2 aromatic rings. The van der Waals surface area contributed by atoms with Crippen molar-refractivity contribution < 1.29 is 17.9 Å². The number of hydrogen-bond acceptors (Lipinski definition) is 5. The number of amides is 1. The van der Waals surface area contributed by atoms with Crippen LogP contribution in [0.5, 0.6) is 0 Å². The van der Waals surface area contributed by atoms with Crippen LogP contribution in [0.1, 0.15) is 34.3 Å². The molecule has 2 saturated heterocycles. The van der Waals surface area contributed by atoms with Crippen molar-refractivity contribution in [3.05, 3.63) is 65.2 Å². The van der Waals surface area contributed by atoms with Crippen LogP contribution in [0.3, 0.4) is 0 Å². The van der Waals surface area contributed by atoms with E-state index in [9.17, 15) is 13.2 Å². The van der Waals surface area contributed by atoms with Crippen molar-refractivity contribution in [2.45, 2.75) is 37.3 Å². The second kappa shape index (κ2) is 10.1. The minimum Gasteiger partial charge on any atom is -0.377 e. The molecule has 0 aliphatic carbocycles. The highest BCUT2D eigenvalue weighted by molar-refractivity contribution is 7.89. The molecule has 172 valence electrons. The number of sulfonamides is 1. The smallest absolute Gasteiger partial charge is 0.253 e. The van der Waals surface area contributed by atoms with Crippen LogP contribution in [0, 0.1) is 6.92 Å². The van der Waals surface area contributed by atoms with E-state index in [2.05, 4.69) is 34.7 Å². The summed E-state index contributed by atoms with van der Waals surface area (Å²) in [7, 11) is -3.62. The van der Waals surface area contributed by atoms with Crippen LogP contribution in [0.4, 0.5) is 0 Å². The average Bonchev–Trinajstić information content (AvgIpc) is 3.33. The topological polar surface area (TPSA) is 79.0 Å². The van der Waals surface area contributed by atoms with E-state index in [0.717, 1.165) is 32.5 Å². The van der Waals surface area contributed by atoms with E-state index in [1.54, 1.807) is 12.1 Å². The van der Waals surface area contributed by atoms with Crippen LogP contribution in [-0.2, 0) is 21.3 Å². The van der Waals surface area contributed by atoms with Crippen LogP contribution in [0.2, 0.25) is 0 Å². The van der Waals surface area contributed by atoms with Gasteiger partial charge in [0.05, 0.1) is 11.0 Å². The number of carbonyl (C=O) groups is 1. The zero-order valence-corrected chi connectivity index (χ0v) is 19.3. The Hall–Kier alpha value is -2.26. The van der Waals surface area contributed by atoms with E-state index in [-0.39, 0.29) is 23.5 Å². The highest BCUT2D eigenvalue weighted by Crippen LogP contribution is 2.17. The first-order valence-electron chi connectivity index (χ1n) is 11.2. The number of ether oxygens (including phenoxy) is 1. The second-order valence-electron chi connectivity index (χ2n) is 8.51. The van der Waals surface area contributed by atoms with Gasteiger partial charge in [-0.05, 0) is 55.2 Å². The zero-order valence-electron chi connectivity index (χ0n) is 18.5. The first-order valence-corrected chi connectivity index (χ1v) is 12.7. The van der Waals surface area contributed by atoms with E-state index < -0.39 is 10.0 Å². The number of nitrogens with one attached hydrogen (secondary N) is 1. The molecule has 4 rings (SSSR count). The summed E-state index contributed by atoms with van der Waals surface area (Å²) in [4.78, 5) is 17.3. The lowest BCUT2D eigenvalue weighted by atomic mass is 10.1. The summed E-state index contributed by atoms with van der Waals surface area (Å²) in [6.45, 7) is 6.93. The van der Waals surface area contributed by atoms with E-state index in [1.807, 2.05) is 11.0 Å². The summed E-state index contributed by atoms with van der Waals surface area (Å²) >= 11 is 0. The van der Waals surface area contributed by atoms with Gasteiger partial charge in [-0.3, -0.25) is 9.69 Å². The minimum absolute atomic E-state index is 0.0585. The molecule has 7 nitrogen and oxygen atoms in total. The maximum atomic E-state index is 12.9. The Morgan fingerprint density at radius 2 is 1.78 bits per heavy atom. The van der Waals surface area contributed by atoms with Gasteiger partial charge in [-0.25, -0.2) is 13.1 Å². The molecule has 0 unspecified atom stereocenters. The van der Waals surface area contributed by atoms with Gasteiger partial charge in [0.1, 0.15) is 0 Å². The molecule has 2 aromatic carbocycles. The lowest BCUT2D eigenvalue weighted by Gasteiger charge is -2.35. The van der Waals surface area contributed by atoms with Crippen molar-refractivity contribution in [3.63, 3.8) is 0 Å². The number of nitrogens with zero attached hydrogens (tertiary/aromatic N) is 2. The van der Waals surface area contributed by atoms with Crippen molar-refractivity contribution in [1.82, 2.24) is 14.5 Å². The van der Waals surface area contributed by atoms with Gasteiger partial charge in [0, 0.05) is 51.4 Å². The van der Waals surface area contributed by atoms with Gasteiger partial charge < -0.3 is 9.64 Å². The largest absolute Gasteiger partial charge is 0.377 e. The summed E-state index contributed by atoms with van der Waals surface area (Å²) < 4.78 is 33.1. The second-order valence-corrected chi connectivity index (χ2v) is 10.3. The number of carbonyl (C=O) groups excluding carboxylic acids is 1. The van der Waals surface area contributed by atoms with Crippen LogP contribution in [-0.4, -0.2) is 69.6 Å². The van der Waals surface area contributed by atoms with Gasteiger partial charge in [-0.15, -0.1) is 0 Å². The third-order valence-corrected chi connectivity index (χ3v) is 7.69. The van der Waals surface area contributed by atoms with Gasteiger partial charge in [-0.1, -0.05) is 24.3 Å². The van der Waals surface area contributed by atoms with Gasteiger partial charge in [0.15, 0.2) is 0 Å². The highest BCUT2D eigenvalue weighted by atomic mass is 32.2. The molecule has 32 heavy (non-hydrogen) atoms. The van der Waals surface area contributed by atoms with Gasteiger partial charge in [0.25, 0.3) is 5.91 Å². The summed E-state index contributed by atoms with van der Waals surface area (Å²) in [6.07, 6.45) is 1.77. The Balaban J connectivity index is 1.30. The molecule has 0 spiro atoms. The van der Waals surface area contributed by atoms with Crippen molar-refractivity contribution in [2.24, 2.45) is 0 Å². The Morgan fingerprint density at radius 3 is 2.44 bits per heavy atom. The lowest BCUT2D eigenvalue weighted by Crippen LogP contribution is -2.48. The average molecular weight is 458 g/mol. The van der Waals surface area contributed by atoms with Crippen molar-refractivity contribution in [2.75, 3.05) is 39.3 Å². The molecule has 0 aromatic heterocycles. The maximum Gasteiger partial charge on any atom is 0.253 e. The van der Waals surface area contributed by atoms with E-state index in [0.29, 0.717) is 25.3 Å². The molecule has 2 aliphatic rings. The van der Waals surface area contributed by atoms with Crippen LogP contribution >= 0.6 is 0 Å². The third kappa shape index (κ3) is 5.56. The fourth-order valence-electron chi connectivity index (χ4n) is 4.19. The predicted molar refractivity (Wildman–Crippen MR) is 123 cm³/mol. The number of hydrogen-bond donors (Lipinski definition) is 1. The molecule has 0 bridgehead atoms. The summed E-state index contributed by atoms with van der Waals surface area (Å²) in [5.41, 5.74) is 3.11. The quantitative estimate of drug-likeness (QED) is 0.691. The normalized spacial score (nSPS) is 19.9. The molecular formula is C24H31N3O4S. The van der Waals surface area contributed by atoms with Crippen molar-refractivity contribution in [1.29, 1.82) is 0 Å². The van der Waals surface area contributed by atoms with Crippen molar-refractivity contribution in [3.8, 4) is 0 Å². The standard InChI is InChI=1S/C24H31N3O4S/c1-19-5-2-3-6-21(19)18-26-12-14-27(15-13-26)24(28)20-8-10-23(11-9-20)32(29,30)25-17-22-7-4-16-31-22/h2-3,5-6,8-11,22,25H,4,7,12-18H2,1H3/t22-/m1/s1. The molecule has 2 fully saturated rings. The lowest BCUT2D eigenvalue weighted by molar-refractivity contribution is 0.0628. The minimum atomic E-state index is -3.62.